The van der Waals surface area contributed by atoms with Crippen molar-refractivity contribution in [3.63, 3.8) is 0 Å². The van der Waals surface area contributed by atoms with Crippen molar-refractivity contribution in [3.05, 3.63) is 53.4 Å². The zero-order valence-electron chi connectivity index (χ0n) is 17.4. The van der Waals surface area contributed by atoms with Gasteiger partial charge in [0.2, 0.25) is 16.0 Å². The number of piperidine rings is 1. The number of sulfonamides is 1. The molecule has 2 aromatic heterocycles. The van der Waals surface area contributed by atoms with Gasteiger partial charge in [0.25, 0.3) is 0 Å². The summed E-state index contributed by atoms with van der Waals surface area (Å²) in [7, 11) is -3.28. The van der Waals surface area contributed by atoms with E-state index in [0.717, 1.165) is 12.5 Å². The highest BCUT2D eigenvalue weighted by Crippen LogP contribution is 2.36. The predicted octanol–water partition coefficient (Wildman–Crippen LogP) is 3.84. The van der Waals surface area contributed by atoms with Crippen LogP contribution < -0.4 is 5.32 Å². The highest BCUT2D eigenvalue weighted by Gasteiger charge is 2.36. The number of nitrogens with one attached hydrogen (secondary N) is 1. The number of para-hydroxylation sites is 1. The Kier molecular flexibility index (Phi) is 6.34. The number of rotatable bonds is 5. The lowest BCUT2D eigenvalue weighted by Gasteiger charge is -2.30. The van der Waals surface area contributed by atoms with Gasteiger partial charge in [0.1, 0.15) is 5.56 Å². The maximum Gasteiger partial charge on any atom is 0.419 e. The number of hydrogen-bond acceptors (Lipinski definition) is 6. The molecular formula is C20H20ClF3N6O2S. The molecule has 0 unspecified atom stereocenters. The average Bonchev–Trinajstić information content (AvgIpc) is 3.23. The fourth-order valence-electron chi connectivity index (χ4n) is 3.61. The van der Waals surface area contributed by atoms with Crippen molar-refractivity contribution in [2.75, 3.05) is 24.7 Å². The predicted molar refractivity (Wildman–Crippen MR) is 118 cm³/mol. The van der Waals surface area contributed by atoms with Crippen molar-refractivity contribution >= 4 is 27.6 Å². The standard InChI is InChI=1S/C20H20ClF3N6O2S/c1-33(31,32)29-8-6-14(7-9-29)27-19-25-11-15(20(22,23)24)18(28-19)13-10-26-30(12-13)17-5-3-2-4-16(17)21/h2-5,10-12,14H,6-9H2,1H3,(H,25,27,28). The van der Waals surface area contributed by atoms with Gasteiger partial charge in [0.05, 0.1) is 28.9 Å². The van der Waals surface area contributed by atoms with Gasteiger partial charge in [0, 0.05) is 37.1 Å². The monoisotopic (exact) mass is 500 g/mol. The topological polar surface area (TPSA) is 93.0 Å². The van der Waals surface area contributed by atoms with Crippen LogP contribution in [0.25, 0.3) is 16.9 Å². The van der Waals surface area contributed by atoms with Gasteiger partial charge in [-0.2, -0.15) is 18.3 Å². The van der Waals surface area contributed by atoms with E-state index in [1.54, 1.807) is 24.3 Å². The summed E-state index contributed by atoms with van der Waals surface area (Å²) >= 11 is 6.17. The number of hydrogen-bond donors (Lipinski definition) is 1. The molecule has 1 N–H and O–H groups in total. The largest absolute Gasteiger partial charge is 0.419 e. The zero-order valence-corrected chi connectivity index (χ0v) is 19.0. The van der Waals surface area contributed by atoms with Gasteiger partial charge < -0.3 is 5.32 Å². The highest BCUT2D eigenvalue weighted by molar-refractivity contribution is 7.88. The van der Waals surface area contributed by atoms with Crippen molar-refractivity contribution in [2.45, 2.75) is 25.1 Å². The molecule has 33 heavy (non-hydrogen) atoms. The normalized spacial score (nSPS) is 16.2. The molecular weight excluding hydrogens is 481 g/mol. The molecule has 0 spiro atoms. The van der Waals surface area contributed by atoms with E-state index < -0.39 is 21.8 Å². The van der Waals surface area contributed by atoms with E-state index in [2.05, 4.69) is 20.4 Å². The Morgan fingerprint density at radius 2 is 1.85 bits per heavy atom. The first-order valence-electron chi connectivity index (χ1n) is 9.98. The molecule has 0 saturated carbocycles. The van der Waals surface area contributed by atoms with Crippen LogP contribution in [0.2, 0.25) is 5.02 Å². The molecule has 3 heterocycles. The Bertz CT molecular complexity index is 1260. The van der Waals surface area contributed by atoms with Crippen LogP contribution in [-0.2, 0) is 16.2 Å². The first kappa shape index (κ1) is 23.5. The van der Waals surface area contributed by atoms with Crippen molar-refractivity contribution < 1.29 is 21.6 Å². The summed E-state index contributed by atoms with van der Waals surface area (Å²) in [5.74, 6) is 0.0290. The fraction of sp³-hybridized carbons (Fsp3) is 0.350. The van der Waals surface area contributed by atoms with E-state index in [9.17, 15) is 21.6 Å². The fourth-order valence-corrected chi connectivity index (χ4v) is 4.70. The molecule has 3 aromatic rings. The molecule has 1 fully saturated rings. The summed E-state index contributed by atoms with van der Waals surface area (Å²) in [5.41, 5.74) is -0.630. The molecule has 0 radical (unpaired) electrons. The number of anilines is 1. The van der Waals surface area contributed by atoms with Crippen LogP contribution in [0.5, 0.6) is 0 Å². The summed E-state index contributed by atoms with van der Waals surface area (Å²) in [6.45, 7) is 0.628. The zero-order chi connectivity index (χ0) is 23.8. The number of aromatic nitrogens is 4. The lowest BCUT2D eigenvalue weighted by atomic mass is 10.1. The first-order valence-corrected chi connectivity index (χ1v) is 12.2. The minimum Gasteiger partial charge on any atom is -0.351 e. The van der Waals surface area contributed by atoms with E-state index in [4.69, 9.17) is 11.6 Å². The van der Waals surface area contributed by atoms with Crippen molar-refractivity contribution in [2.24, 2.45) is 0 Å². The van der Waals surface area contributed by atoms with Crippen LogP contribution in [0.1, 0.15) is 18.4 Å². The van der Waals surface area contributed by atoms with Crippen LogP contribution in [0.15, 0.2) is 42.9 Å². The molecule has 4 rings (SSSR count). The Morgan fingerprint density at radius 1 is 1.15 bits per heavy atom. The molecule has 1 aromatic carbocycles. The summed E-state index contributed by atoms with van der Waals surface area (Å²) in [4.78, 5) is 7.99. The summed E-state index contributed by atoms with van der Waals surface area (Å²) in [6, 6.07) is 6.66. The van der Waals surface area contributed by atoms with Gasteiger partial charge in [-0.25, -0.2) is 27.4 Å². The quantitative estimate of drug-likeness (QED) is 0.572. The van der Waals surface area contributed by atoms with E-state index in [-0.39, 0.29) is 23.2 Å². The third-order valence-electron chi connectivity index (χ3n) is 5.31. The number of benzene rings is 1. The average molecular weight is 501 g/mol. The number of halogens is 4. The Balaban J connectivity index is 1.62. The van der Waals surface area contributed by atoms with E-state index >= 15 is 0 Å². The molecule has 176 valence electrons. The Morgan fingerprint density at radius 3 is 2.48 bits per heavy atom. The molecule has 1 saturated heterocycles. The summed E-state index contributed by atoms with van der Waals surface area (Å²) in [6.07, 6.45) is 0.899. The van der Waals surface area contributed by atoms with Gasteiger partial charge in [-0.1, -0.05) is 23.7 Å². The van der Waals surface area contributed by atoms with Crippen LogP contribution in [0, 0.1) is 0 Å². The molecule has 13 heteroatoms. The van der Waals surface area contributed by atoms with Crippen LogP contribution in [0.3, 0.4) is 0 Å². The first-order chi connectivity index (χ1) is 15.5. The van der Waals surface area contributed by atoms with E-state index in [0.29, 0.717) is 36.6 Å². The minimum absolute atomic E-state index is 0.0290. The molecule has 0 aliphatic carbocycles. The third-order valence-corrected chi connectivity index (χ3v) is 6.93. The van der Waals surface area contributed by atoms with Gasteiger partial charge in [0.15, 0.2) is 0 Å². The number of nitrogens with zero attached hydrogens (tertiary/aromatic N) is 5. The van der Waals surface area contributed by atoms with E-state index in [1.807, 2.05) is 0 Å². The van der Waals surface area contributed by atoms with Gasteiger partial charge in [-0.3, -0.25) is 0 Å². The van der Waals surface area contributed by atoms with E-state index in [1.165, 1.54) is 21.4 Å². The summed E-state index contributed by atoms with van der Waals surface area (Å²) in [5, 5.41) is 7.57. The minimum atomic E-state index is -4.67. The van der Waals surface area contributed by atoms with Gasteiger partial charge in [-0.05, 0) is 25.0 Å². The molecule has 0 amide bonds. The maximum atomic E-state index is 13.7. The van der Waals surface area contributed by atoms with Crippen LogP contribution in [-0.4, -0.2) is 57.9 Å². The molecule has 0 atom stereocenters. The second kappa shape index (κ2) is 8.92. The smallest absolute Gasteiger partial charge is 0.351 e. The Labute approximate surface area is 193 Å². The maximum absolute atomic E-state index is 13.7. The van der Waals surface area contributed by atoms with Crippen molar-refractivity contribution in [3.8, 4) is 16.9 Å². The highest BCUT2D eigenvalue weighted by atomic mass is 35.5. The van der Waals surface area contributed by atoms with Crippen molar-refractivity contribution in [1.29, 1.82) is 0 Å². The summed E-state index contributed by atoms with van der Waals surface area (Å²) < 4.78 is 67.1. The van der Waals surface area contributed by atoms with Gasteiger partial charge >= 0.3 is 6.18 Å². The van der Waals surface area contributed by atoms with Crippen LogP contribution in [0.4, 0.5) is 19.1 Å². The molecule has 1 aliphatic rings. The second-order valence-corrected chi connectivity index (χ2v) is 10.0. The second-order valence-electron chi connectivity index (χ2n) is 7.66. The third kappa shape index (κ3) is 5.28. The molecule has 0 bridgehead atoms. The lowest BCUT2D eigenvalue weighted by molar-refractivity contribution is -0.137. The Hall–Kier alpha value is -2.70. The number of alkyl halides is 3. The molecule has 1 aliphatic heterocycles. The SMILES string of the molecule is CS(=O)(=O)N1CCC(Nc2ncc(C(F)(F)F)c(-c3cnn(-c4ccccc4Cl)c3)n2)CC1. The lowest BCUT2D eigenvalue weighted by Crippen LogP contribution is -2.42. The van der Waals surface area contributed by atoms with Gasteiger partial charge in [-0.15, -0.1) is 0 Å². The van der Waals surface area contributed by atoms with Crippen molar-refractivity contribution in [1.82, 2.24) is 24.1 Å². The molecule has 8 nitrogen and oxygen atoms in total. The van der Waals surface area contributed by atoms with Crippen LogP contribution >= 0.6 is 11.6 Å².